The zero-order valence-corrected chi connectivity index (χ0v) is 6.39. The van der Waals surface area contributed by atoms with Crippen molar-refractivity contribution in [2.45, 2.75) is 13.8 Å². The molecule has 0 aliphatic heterocycles. The second-order valence-electron chi connectivity index (χ2n) is 1.97. The van der Waals surface area contributed by atoms with Crippen molar-refractivity contribution in [2.24, 2.45) is 0 Å². The van der Waals surface area contributed by atoms with Gasteiger partial charge in [-0.1, -0.05) is 12.7 Å². The summed E-state index contributed by atoms with van der Waals surface area (Å²) in [6.07, 6.45) is 3.08. The average Bonchev–Trinajstić information content (AvgIpc) is 1.82. The maximum Gasteiger partial charge on any atom is 0.155 e. The number of hydrogen-bond donors (Lipinski definition) is 0. The first-order valence-corrected chi connectivity index (χ1v) is 3.09. The molecule has 2 nitrogen and oxygen atoms in total. The van der Waals surface area contributed by atoms with Gasteiger partial charge in [-0.25, -0.2) is 0 Å². The van der Waals surface area contributed by atoms with Gasteiger partial charge in [0.25, 0.3) is 0 Å². The SMILES string of the molecule is C=CCO/C(C)=C\C(C)=O. The lowest BCUT2D eigenvalue weighted by Gasteiger charge is -1.99. The monoisotopic (exact) mass is 140 g/mol. The van der Waals surface area contributed by atoms with Crippen LogP contribution in [-0.2, 0) is 9.53 Å². The maximum absolute atomic E-state index is 10.4. The molecule has 0 N–H and O–H groups in total. The second kappa shape index (κ2) is 4.79. The predicted molar refractivity (Wildman–Crippen MR) is 40.6 cm³/mol. The normalized spacial score (nSPS) is 10.8. The van der Waals surface area contributed by atoms with Crippen LogP contribution in [0.5, 0.6) is 0 Å². The molecule has 56 valence electrons. The molecule has 10 heavy (non-hydrogen) atoms. The van der Waals surface area contributed by atoms with Crippen molar-refractivity contribution in [1.29, 1.82) is 0 Å². The highest BCUT2D eigenvalue weighted by molar-refractivity contribution is 5.87. The first kappa shape index (κ1) is 8.95. The Morgan fingerprint density at radius 2 is 2.20 bits per heavy atom. The maximum atomic E-state index is 10.4. The third-order valence-electron chi connectivity index (χ3n) is 0.835. The highest BCUT2D eigenvalue weighted by Crippen LogP contribution is 1.94. The molecule has 0 bridgehead atoms. The fraction of sp³-hybridized carbons (Fsp3) is 0.375. The molecule has 0 fully saturated rings. The molecule has 0 spiro atoms. The molecule has 0 saturated carbocycles. The van der Waals surface area contributed by atoms with Crippen LogP contribution in [-0.4, -0.2) is 12.4 Å². The quantitative estimate of drug-likeness (QED) is 0.337. The minimum atomic E-state index is 0.00145. The lowest BCUT2D eigenvalue weighted by Crippen LogP contribution is -1.91. The van der Waals surface area contributed by atoms with Gasteiger partial charge in [0.1, 0.15) is 6.61 Å². The molecule has 2 heteroatoms. The summed E-state index contributed by atoms with van der Waals surface area (Å²) in [6, 6.07) is 0. The van der Waals surface area contributed by atoms with Crippen LogP contribution in [0.1, 0.15) is 13.8 Å². The van der Waals surface area contributed by atoms with Gasteiger partial charge in [0, 0.05) is 6.08 Å². The molecular formula is C8H12O2. The molecular weight excluding hydrogens is 128 g/mol. The molecule has 0 aromatic heterocycles. The van der Waals surface area contributed by atoms with E-state index in [0.717, 1.165) is 0 Å². The Bertz CT molecular complexity index is 157. The van der Waals surface area contributed by atoms with Crippen LogP contribution in [0.15, 0.2) is 24.5 Å². The number of ketones is 1. The zero-order valence-electron chi connectivity index (χ0n) is 6.39. The van der Waals surface area contributed by atoms with Crippen molar-refractivity contribution in [3.05, 3.63) is 24.5 Å². The fourth-order valence-corrected chi connectivity index (χ4v) is 0.518. The number of ether oxygens (including phenoxy) is 1. The minimum absolute atomic E-state index is 0.00145. The Labute approximate surface area is 61.2 Å². The Kier molecular flexibility index (Phi) is 4.29. The summed E-state index contributed by atoms with van der Waals surface area (Å²) < 4.78 is 5.02. The molecule has 0 atom stereocenters. The minimum Gasteiger partial charge on any atom is -0.494 e. The second-order valence-corrected chi connectivity index (χ2v) is 1.97. The summed E-state index contributed by atoms with van der Waals surface area (Å²) in [5.74, 6) is 0.633. The van der Waals surface area contributed by atoms with E-state index in [0.29, 0.717) is 12.4 Å². The van der Waals surface area contributed by atoms with Crippen molar-refractivity contribution < 1.29 is 9.53 Å². The van der Waals surface area contributed by atoms with E-state index < -0.39 is 0 Å². The molecule has 0 aromatic rings. The number of carbonyl (C=O) groups excluding carboxylic acids is 1. The third kappa shape index (κ3) is 5.09. The van der Waals surface area contributed by atoms with Crippen LogP contribution in [0.4, 0.5) is 0 Å². The average molecular weight is 140 g/mol. The van der Waals surface area contributed by atoms with Gasteiger partial charge in [-0.3, -0.25) is 4.79 Å². The fourth-order valence-electron chi connectivity index (χ4n) is 0.518. The van der Waals surface area contributed by atoms with E-state index in [2.05, 4.69) is 6.58 Å². The van der Waals surface area contributed by atoms with Crippen molar-refractivity contribution >= 4 is 5.78 Å². The topological polar surface area (TPSA) is 26.3 Å². The highest BCUT2D eigenvalue weighted by atomic mass is 16.5. The summed E-state index contributed by atoms with van der Waals surface area (Å²) in [7, 11) is 0. The van der Waals surface area contributed by atoms with E-state index in [1.165, 1.54) is 13.0 Å². The van der Waals surface area contributed by atoms with Gasteiger partial charge in [-0.2, -0.15) is 0 Å². The van der Waals surface area contributed by atoms with E-state index in [1.807, 2.05) is 0 Å². The molecule has 0 aliphatic rings. The van der Waals surface area contributed by atoms with Gasteiger partial charge in [0.2, 0.25) is 0 Å². The molecule has 0 rings (SSSR count). The van der Waals surface area contributed by atoms with Crippen LogP contribution < -0.4 is 0 Å². The lowest BCUT2D eigenvalue weighted by atomic mass is 10.4. The summed E-state index contributed by atoms with van der Waals surface area (Å²) >= 11 is 0. The van der Waals surface area contributed by atoms with Crippen molar-refractivity contribution in [2.75, 3.05) is 6.61 Å². The van der Waals surface area contributed by atoms with Gasteiger partial charge in [-0.15, -0.1) is 0 Å². The molecule has 0 aromatic carbocycles. The molecule has 0 radical (unpaired) electrons. The van der Waals surface area contributed by atoms with Crippen molar-refractivity contribution in [1.82, 2.24) is 0 Å². The summed E-state index contributed by atoms with van der Waals surface area (Å²) in [6.45, 7) is 7.16. The van der Waals surface area contributed by atoms with Crippen LogP contribution in [0.3, 0.4) is 0 Å². The highest BCUT2D eigenvalue weighted by Gasteiger charge is 1.89. The number of hydrogen-bond acceptors (Lipinski definition) is 2. The van der Waals surface area contributed by atoms with Crippen LogP contribution in [0.2, 0.25) is 0 Å². The first-order chi connectivity index (χ1) is 4.66. The Hall–Kier alpha value is -1.05. The number of carbonyl (C=O) groups is 1. The third-order valence-corrected chi connectivity index (χ3v) is 0.835. The molecule has 0 saturated heterocycles. The first-order valence-electron chi connectivity index (χ1n) is 3.09. The van der Waals surface area contributed by atoms with Crippen molar-refractivity contribution in [3.63, 3.8) is 0 Å². The zero-order chi connectivity index (χ0) is 7.98. The Morgan fingerprint density at radius 1 is 1.60 bits per heavy atom. The van der Waals surface area contributed by atoms with Gasteiger partial charge in [-0.05, 0) is 13.8 Å². The summed E-state index contributed by atoms with van der Waals surface area (Å²) in [4.78, 5) is 10.4. The predicted octanol–water partition coefficient (Wildman–Crippen LogP) is 1.68. The van der Waals surface area contributed by atoms with Gasteiger partial charge in [0.05, 0.1) is 5.76 Å². The van der Waals surface area contributed by atoms with E-state index in [-0.39, 0.29) is 5.78 Å². The van der Waals surface area contributed by atoms with E-state index in [9.17, 15) is 4.79 Å². The van der Waals surface area contributed by atoms with Crippen molar-refractivity contribution in [3.8, 4) is 0 Å². The largest absolute Gasteiger partial charge is 0.494 e. The lowest BCUT2D eigenvalue weighted by molar-refractivity contribution is -0.112. The smallest absolute Gasteiger partial charge is 0.155 e. The van der Waals surface area contributed by atoms with Gasteiger partial charge < -0.3 is 4.74 Å². The molecule has 0 heterocycles. The Balaban J connectivity index is 3.70. The Morgan fingerprint density at radius 3 is 2.60 bits per heavy atom. The molecule has 0 aliphatic carbocycles. The van der Waals surface area contributed by atoms with E-state index in [1.54, 1.807) is 13.0 Å². The molecule has 0 unspecified atom stereocenters. The van der Waals surface area contributed by atoms with Crippen LogP contribution in [0.25, 0.3) is 0 Å². The van der Waals surface area contributed by atoms with E-state index >= 15 is 0 Å². The number of rotatable bonds is 4. The van der Waals surface area contributed by atoms with Crippen LogP contribution >= 0.6 is 0 Å². The molecule has 0 amide bonds. The summed E-state index contributed by atoms with van der Waals surface area (Å²) in [5, 5.41) is 0. The van der Waals surface area contributed by atoms with Gasteiger partial charge >= 0.3 is 0 Å². The van der Waals surface area contributed by atoms with Gasteiger partial charge in [0.15, 0.2) is 5.78 Å². The summed E-state index contributed by atoms with van der Waals surface area (Å²) in [5.41, 5.74) is 0. The number of allylic oxidation sites excluding steroid dienone is 2. The van der Waals surface area contributed by atoms with Crippen LogP contribution in [0, 0.1) is 0 Å². The van der Waals surface area contributed by atoms with E-state index in [4.69, 9.17) is 4.74 Å². The standard InChI is InChI=1S/C8H12O2/c1-4-5-10-8(3)6-7(2)9/h4,6H,1,5H2,2-3H3/b8-6-.